The lowest BCUT2D eigenvalue weighted by atomic mass is 10.0. The van der Waals surface area contributed by atoms with Crippen LogP contribution in [-0.4, -0.2) is 17.6 Å². The second-order valence-corrected chi connectivity index (χ2v) is 3.98. The zero-order chi connectivity index (χ0) is 13.0. The van der Waals surface area contributed by atoms with E-state index >= 15 is 0 Å². The van der Waals surface area contributed by atoms with Crippen LogP contribution >= 0.6 is 0 Å². The average molecular weight is 241 g/mol. The Balaban J connectivity index is 2.45. The molecule has 0 aliphatic carbocycles. The number of ether oxygens (including phenoxy) is 1. The standard InChI is InChI=1S/C15H15NO2/c1-3-18-15(17)9-11(2)13-6-4-5-12-7-8-16-10-14(12)13/h4-10H,3H2,1-2H3/b11-9-. The summed E-state index contributed by atoms with van der Waals surface area (Å²) >= 11 is 0. The van der Waals surface area contributed by atoms with Gasteiger partial charge in [0.15, 0.2) is 0 Å². The molecule has 0 atom stereocenters. The number of carbonyl (C=O) groups excluding carboxylic acids is 1. The number of rotatable bonds is 3. The van der Waals surface area contributed by atoms with Gasteiger partial charge in [0.1, 0.15) is 0 Å². The van der Waals surface area contributed by atoms with Crippen molar-refractivity contribution in [3.63, 3.8) is 0 Å². The van der Waals surface area contributed by atoms with Gasteiger partial charge in [-0.2, -0.15) is 0 Å². The van der Waals surface area contributed by atoms with Crippen LogP contribution in [0.5, 0.6) is 0 Å². The van der Waals surface area contributed by atoms with E-state index in [1.54, 1.807) is 13.1 Å². The van der Waals surface area contributed by atoms with Gasteiger partial charge in [0.2, 0.25) is 0 Å². The molecule has 2 aromatic rings. The minimum Gasteiger partial charge on any atom is -0.463 e. The van der Waals surface area contributed by atoms with Gasteiger partial charge < -0.3 is 4.74 Å². The Morgan fingerprint density at radius 2 is 2.22 bits per heavy atom. The molecule has 3 heteroatoms. The summed E-state index contributed by atoms with van der Waals surface area (Å²) in [6, 6.07) is 7.93. The maximum atomic E-state index is 11.4. The van der Waals surface area contributed by atoms with Crippen LogP contribution in [0.1, 0.15) is 19.4 Å². The molecule has 1 aromatic carbocycles. The third-order valence-corrected chi connectivity index (χ3v) is 2.73. The molecule has 0 radical (unpaired) electrons. The molecule has 0 fully saturated rings. The lowest BCUT2D eigenvalue weighted by molar-refractivity contribution is -0.137. The fourth-order valence-corrected chi connectivity index (χ4v) is 1.90. The summed E-state index contributed by atoms with van der Waals surface area (Å²) in [6.07, 6.45) is 5.09. The number of carbonyl (C=O) groups is 1. The fourth-order valence-electron chi connectivity index (χ4n) is 1.90. The van der Waals surface area contributed by atoms with Gasteiger partial charge >= 0.3 is 5.97 Å². The van der Waals surface area contributed by atoms with Crippen LogP contribution in [0.25, 0.3) is 16.3 Å². The van der Waals surface area contributed by atoms with Gasteiger partial charge in [-0.3, -0.25) is 4.98 Å². The molecule has 0 N–H and O–H groups in total. The lowest BCUT2D eigenvalue weighted by Crippen LogP contribution is -2.00. The van der Waals surface area contributed by atoms with Crippen molar-refractivity contribution in [1.29, 1.82) is 0 Å². The summed E-state index contributed by atoms with van der Waals surface area (Å²) in [4.78, 5) is 15.6. The molecule has 0 saturated heterocycles. The van der Waals surface area contributed by atoms with Crippen LogP contribution < -0.4 is 0 Å². The van der Waals surface area contributed by atoms with Gasteiger partial charge in [-0.05, 0) is 36.4 Å². The molecule has 1 heterocycles. The first-order valence-electron chi connectivity index (χ1n) is 5.90. The molecule has 0 aliphatic rings. The molecule has 0 aliphatic heterocycles. The van der Waals surface area contributed by atoms with Crippen LogP contribution in [0.4, 0.5) is 0 Å². The Morgan fingerprint density at radius 3 is 3.00 bits per heavy atom. The first-order chi connectivity index (χ1) is 8.72. The van der Waals surface area contributed by atoms with Crippen molar-refractivity contribution in [2.24, 2.45) is 0 Å². The third-order valence-electron chi connectivity index (χ3n) is 2.73. The smallest absolute Gasteiger partial charge is 0.331 e. The van der Waals surface area contributed by atoms with E-state index in [0.29, 0.717) is 6.61 Å². The lowest BCUT2D eigenvalue weighted by Gasteiger charge is -2.06. The maximum absolute atomic E-state index is 11.4. The first-order valence-corrected chi connectivity index (χ1v) is 5.90. The van der Waals surface area contributed by atoms with Crippen molar-refractivity contribution in [1.82, 2.24) is 4.98 Å². The number of hydrogen-bond donors (Lipinski definition) is 0. The highest BCUT2D eigenvalue weighted by Crippen LogP contribution is 2.23. The maximum Gasteiger partial charge on any atom is 0.331 e. The van der Waals surface area contributed by atoms with Crippen LogP contribution in [0.15, 0.2) is 42.7 Å². The van der Waals surface area contributed by atoms with Crippen molar-refractivity contribution in [2.45, 2.75) is 13.8 Å². The largest absolute Gasteiger partial charge is 0.463 e. The number of allylic oxidation sites excluding steroid dienone is 1. The van der Waals surface area contributed by atoms with E-state index in [1.807, 2.05) is 37.4 Å². The first kappa shape index (κ1) is 12.3. The van der Waals surface area contributed by atoms with Crippen molar-refractivity contribution in [3.8, 4) is 0 Å². The van der Waals surface area contributed by atoms with Gasteiger partial charge in [-0.25, -0.2) is 4.79 Å². The number of nitrogens with zero attached hydrogens (tertiary/aromatic N) is 1. The Hall–Kier alpha value is -2.16. The molecule has 3 nitrogen and oxygen atoms in total. The zero-order valence-corrected chi connectivity index (χ0v) is 10.5. The van der Waals surface area contributed by atoms with E-state index in [2.05, 4.69) is 4.98 Å². The number of fused-ring (bicyclic) bond motifs is 1. The monoisotopic (exact) mass is 241 g/mol. The Morgan fingerprint density at radius 1 is 1.39 bits per heavy atom. The molecular weight excluding hydrogens is 226 g/mol. The molecule has 0 bridgehead atoms. The van der Waals surface area contributed by atoms with E-state index < -0.39 is 0 Å². The van der Waals surface area contributed by atoms with E-state index in [0.717, 1.165) is 21.9 Å². The second kappa shape index (κ2) is 5.45. The fraction of sp³-hybridized carbons (Fsp3) is 0.200. The average Bonchev–Trinajstić information content (AvgIpc) is 2.38. The van der Waals surface area contributed by atoms with Crippen LogP contribution in [0.3, 0.4) is 0 Å². The highest BCUT2D eigenvalue weighted by atomic mass is 16.5. The molecule has 92 valence electrons. The van der Waals surface area contributed by atoms with Crippen molar-refractivity contribution in [2.75, 3.05) is 6.61 Å². The molecule has 18 heavy (non-hydrogen) atoms. The van der Waals surface area contributed by atoms with E-state index in [4.69, 9.17) is 4.74 Å². The number of benzene rings is 1. The number of hydrogen-bond acceptors (Lipinski definition) is 3. The van der Waals surface area contributed by atoms with Crippen LogP contribution in [-0.2, 0) is 9.53 Å². The molecule has 0 spiro atoms. The third kappa shape index (κ3) is 2.56. The topological polar surface area (TPSA) is 39.2 Å². The molecule has 0 unspecified atom stereocenters. The normalized spacial score (nSPS) is 11.6. The predicted molar refractivity (Wildman–Crippen MR) is 72.0 cm³/mol. The summed E-state index contributed by atoms with van der Waals surface area (Å²) in [5.41, 5.74) is 1.89. The number of aromatic nitrogens is 1. The minimum absolute atomic E-state index is 0.309. The molecule has 0 saturated carbocycles. The predicted octanol–water partition coefficient (Wildman–Crippen LogP) is 3.20. The van der Waals surface area contributed by atoms with Crippen LogP contribution in [0, 0.1) is 0 Å². The van der Waals surface area contributed by atoms with Gasteiger partial charge in [0.25, 0.3) is 0 Å². The quantitative estimate of drug-likeness (QED) is 0.612. The SMILES string of the molecule is CCOC(=O)/C=C(/C)c1cccc2ccncc12. The van der Waals surface area contributed by atoms with Gasteiger partial charge in [0.05, 0.1) is 6.61 Å². The molecule has 0 amide bonds. The second-order valence-electron chi connectivity index (χ2n) is 3.98. The van der Waals surface area contributed by atoms with Gasteiger partial charge in [-0.1, -0.05) is 18.2 Å². The highest BCUT2D eigenvalue weighted by molar-refractivity contribution is 5.98. The van der Waals surface area contributed by atoms with Gasteiger partial charge in [0, 0.05) is 23.9 Å². The van der Waals surface area contributed by atoms with E-state index in [-0.39, 0.29) is 5.97 Å². The van der Waals surface area contributed by atoms with Crippen molar-refractivity contribution >= 4 is 22.3 Å². The minimum atomic E-state index is -0.309. The zero-order valence-electron chi connectivity index (χ0n) is 10.5. The summed E-state index contributed by atoms with van der Waals surface area (Å²) < 4.78 is 4.92. The van der Waals surface area contributed by atoms with E-state index in [1.165, 1.54) is 6.08 Å². The Kier molecular flexibility index (Phi) is 3.72. The van der Waals surface area contributed by atoms with Gasteiger partial charge in [-0.15, -0.1) is 0 Å². The molecule has 1 aromatic heterocycles. The number of esters is 1. The highest BCUT2D eigenvalue weighted by Gasteiger charge is 2.05. The summed E-state index contributed by atoms with van der Waals surface area (Å²) in [5, 5.41) is 2.15. The van der Waals surface area contributed by atoms with Crippen molar-refractivity contribution < 1.29 is 9.53 Å². The van der Waals surface area contributed by atoms with E-state index in [9.17, 15) is 4.79 Å². The molecular formula is C15H15NO2. The van der Waals surface area contributed by atoms with Crippen molar-refractivity contribution in [3.05, 3.63) is 48.3 Å². The summed E-state index contributed by atoms with van der Waals surface area (Å²) in [5.74, 6) is -0.309. The number of pyridine rings is 1. The Bertz CT molecular complexity index is 597. The summed E-state index contributed by atoms with van der Waals surface area (Å²) in [7, 11) is 0. The molecule has 2 rings (SSSR count). The Labute approximate surface area is 106 Å². The van der Waals surface area contributed by atoms with Crippen LogP contribution in [0.2, 0.25) is 0 Å². The summed E-state index contributed by atoms with van der Waals surface area (Å²) in [6.45, 7) is 4.08.